The molecule has 0 bridgehead atoms. The summed E-state index contributed by atoms with van der Waals surface area (Å²) in [5.74, 6) is -1.01. The van der Waals surface area contributed by atoms with Gasteiger partial charge in [0.1, 0.15) is 6.04 Å². The molecule has 0 heterocycles. The molecule has 2 rings (SSSR count). The molecule has 2 N–H and O–H groups in total. The number of hydrogen-bond donors (Lipinski definition) is 2. The van der Waals surface area contributed by atoms with E-state index in [0.717, 1.165) is 31.2 Å². The molecular formula is C17H24N2O3. The molecule has 1 aromatic rings. The fourth-order valence-corrected chi connectivity index (χ4v) is 2.93. The first-order valence-electron chi connectivity index (χ1n) is 7.88. The molecule has 0 saturated heterocycles. The van der Waals surface area contributed by atoms with Crippen LogP contribution < -0.4 is 5.32 Å². The monoisotopic (exact) mass is 304 g/mol. The number of carboxylic acids is 1. The first-order chi connectivity index (χ1) is 10.6. The number of nitrogens with zero attached hydrogens (tertiary/aromatic N) is 1. The summed E-state index contributed by atoms with van der Waals surface area (Å²) in [4.78, 5) is 25.4. The van der Waals surface area contributed by atoms with E-state index in [0.29, 0.717) is 6.42 Å². The predicted octanol–water partition coefficient (Wildman–Crippen LogP) is 2.66. The zero-order valence-electron chi connectivity index (χ0n) is 13.0. The van der Waals surface area contributed by atoms with E-state index in [1.54, 1.807) is 11.9 Å². The highest BCUT2D eigenvalue weighted by Gasteiger charge is 2.26. The van der Waals surface area contributed by atoms with Gasteiger partial charge in [-0.25, -0.2) is 9.59 Å². The third-order valence-electron chi connectivity index (χ3n) is 4.32. The third kappa shape index (κ3) is 4.48. The molecule has 0 aromatic heterocycles. The van der Waals surface area contributed by atoms with Gasteiger partial charge in [-0.2, -0.15) is 0 Å². The van der Waals surface area contributed by atoms with Crippen molar-refractivity contribution < 1.29 is 14.7 Å². The van der Waals surface area contributed by atoms with Crippen LogP contribution >= 0.6 is 0 Å². The Kier molecular flexibility index (Phi) is 5.81. The van der Waals surface area contributed by atoms with Gasteiger partial charge in [0, 0.05) is 19.5 Å². The van der Waals surface area contributed by atoms with E-state index in [2.05, 4.69) is 5.32 Å². The van der Waals surface area contributed by atoms with Gasteiger partial charge in [-0.1, -0.05) is 49.6 Å². The van der Waals surface area contributed by atoms with Crippen LogP contribution in [0.2, 0.25) is 0 Å². The van der Waals surface area contributed by atoms with E-state index in [1.165, 1.54) is 6.42 Å². The van der Waals surface area contributed by atoms with Gasteiger partial charge in [-0.3, -0.25) is 0 Å². The fraction of sp³-hybridized carbons (Fsp3) is 0.529. The summed E-state index contributed by atoms with van der Waals surface area (Å²) in [6, 6.07) is 8.37. The second kappa shape index (κ2) is 7.82. The van der Waals surface area contributed by atoms with Crippen LogP contribution in [0.1, 0.15) is 37.7 Å². The molecule has 0 spiro atoms. The number of carboxylic acid groups (broad SMARTS) is 1. The Morgan fingerprint density at radius 3 is 2.45 bits per heavy atom. The van der Waals surface area contributed by atoms with Crippen LogP contribution in [0.4, 0.5) is 4.79 Å². The van der Waals surface area contributed by atoms with Crippen molar-refractivity contribution in [2.24, 2.45) is 0 Å². The molecule has 22 heavy (non-hydrogen) atoms. The summed E-state index contributed by atoms with van der Waals surface area (Å²) in [5.41, 5.74) is 0.899. The highest BCUT2D eigenvalue weighted by Crippen LogP contribution is 2.21. The Balaban J connectivity index is 1.95. The molecule has 1 aliphatic carbocycles. The summed E-state index contributed by atoms with van der Waals surface area (Å²) in [5, 5.41) is 12.0. The zero-order chi connectivity index (χ0) is 15.9. The predicted molar refractivity (Wildman–Crippen MR) is 84.7 cm³/mol. The number of aliphatic carboxylic acids is 1. The van der Waals surface area contributed by atoms with Crippen molar-refractivity contribution in [1.29, 1.82) is 0 Å². The molecule has 1 aromatic carbocycles. The molecule has 2 amide bonds. The number of rotatable bonds is 5. The van der Waals surface area contributed by atoms with Gasteiger partial charge in [0.15, 0.2) is 0 Å². The van der Waals surface area contributed by atoms with Gasteiger partial charge in [0.05, 0.1) is 0 Å². The fourth-order valence-electron chi connectivity index (χ4n) is 2.93. The summed E-state index contributed by atoms with van der Waals surface area (Å²) < 4.78 is 0. The van der Waals surface area contributed by atoms with Crippen molar-refractivity contribution in [2.75, 3.05) is 7.05 Å². The average Bonchev–Trinajstić information content (AvgIpc) is 2.55. The Hall–Kier alpha value is -2.04. The Morgan fingerprint density at radius 2 is 1.86 bits per heavy atom. The maximum Gasteiger partial charge on any atom is 0.326 e. The van der Waals surface area contributed by atoms with Gasteiger partial charge < -0.3 is 15.3 Å². The maximum atomic E-state index is 12.3. The van der Waals surface area contributed by atoms with Crippen LogP contribution in [0.15, 0.2) is 30.3 Å². The summed E-state index contributed by atoms with van der Waals surface area (Å²) >= 11 is 0. The number of urea groups is 1. The highest BCUT2D eigenvalue weighted by molar-refractivity contribution is 5.82. The van der Waals surface area contributed by atoms with Crippen LogP contribution in [0.5, 0.6) is 0 Å². The summed E-state index contributed by atoms with van der Waals surface area (Å²) in [7, 11) is 1.76. The van der Waals surface area contributed by atoms with Crippen molar-refractivity contribution in [3.8, 4) is 0 Å². The molecule has 1 aliphatic rings. The minimum Gasteiger partial charge on any atom is -0.480 e. The van der Waals surface area contributed by atoms with E-state index < -0.39 is 12.0 Å². The maximum absolute atomic E-state index is 12.3. The van der Waals surface area contributed by atoms with E-state index in [1.807, 2.05) is 30.3 Å². The van der Waals surface area contributed by atoms with E-state index in [4.69, 9.17) is 0 Å². The van der Waals surface area contributed by atoms with Crippen molar-refractivity contribution >= 4 is 12.0 Å². The number of carbonyl (C=O) groups is 2. The average molecular weight is 304 g/mol. The van der Waals surface area contributed by atoms with Crippen molar-refractivity contribution in [3.63, 3.8) is 0 Å². The lowest BCUT2D eigenvalue weighted by atomic mass is 9.95. The summed E-state index contributed by atoms with van der Waals surface area (Å²) in [6.45, 7) is 0. The molecule has 120 valence electrons. The molecule has 0 radical (unpaired) electrons. The quantitative estimate of drug-likeness (QED) is 0.878. The molecule has 0 aliphatic heterocycles. The smallest absolute Gasteiger partial charge is 0.326 e. The summed E-state index contributed by atoms with van der Waals surface area (Å²) in [6.07, 6.45) is 5.78. The first kappa shape index (κ1) is 16.3. The Bertz CT molecular complexity index is 498. The number of benzene rings is 1. The number of amides is 2. The first-order valence-corrected chi connectivity index (χ1v) is 7.88. The molecule has 1 fully saturated rings. The lowest BCUT2D eigenvalue weighted by Gasteiger charge is -2.32. The van der Waals surface area contributed by atoms with Crippen LogP contribution in [-0.2, 0) is 11.2 Å². The van der Waals surface area contributed by atoms with Crippen LogP contribution in [0.25, 0.3) is 0 Å². The Morgan fingerprint density at radius 1 is 1.23 bits per heavy atom. The molecule has 5 heteroatoms. The van der Waals surface area contributed by atoms with Gasteiger partial charge in [-0.05, 0) is 18.4 Å². The molecule has 1 atom stereocenters. The lowest BCUT2D eigenvalue weighted by molar-refractivity contribution is -0.139. The standard InChI is InChI=1S/C17H24N2O3/c1-19(14-10-6-3-7-11-14)17(22)18-15(16(20)21)12-13-8-4-2-5-9-13/h2,4-5,8-9,14-15H,3,6-7,10-12H2,1H3,(H,18,22)(H,20,21)/t15-/m0/s1. The number of hydrogen-bond acceptors (Lipinski definition) is 2. The molecule has 1 saturated carbocycles. The second-order valence-electron chi connectivity index (χ2n) is 5.93. The Labute approximate surface area is 131 Å². The van der Waals surface area contributed by atoms with Gasteiger partial charge in [0.2, 0.25) is 0 Å². The van der Waals surface area contributed by atoms with Crippen LogP contribution in [-0.4, -0.2) is 41.1 Å². The van der Waals surface area contributed by atoms with E-state index in [9.17, 15) is 14.7 Å². The normalized spacial score (nSPS) is 16.8. The third-order valence-corrected chi connectivity index (χ3v) is 4.32. The van der Waals surface area contributed by atoms with E-state index in [-0.39, 0.29) is 12.1 Å². The highest BCUT2D eigenvalue weighted by atomic mass is 16.4. The van der Waals surface area contributed by atoms with Crippen molar-refractivity contribution in [1.82, 2.24) is 10.2 Å². The molecule has 5 nitrogen and oxygen atoms in total. The second-order valence-corrected chi connectivity index (χ2v) is 5.93. The van der Waals surface area contributed by atoms with E-state index >= 15 is 0 Å². The topological polar surface area (TPSA) is 69.6 Å². The minimum atomic E-state index is -1.01. The van der Waals surface area contributed by atoms with Gasteiger partial charge in [0.25, 0.3) is 0 Å². The molecule has 0 unspecified atom stereocenters. The van der Waals surface area contributed by atoms with Gasteiger partial charge >= 0.3 is 12.0 Å². The van der Waals surface area contributed by atoms with Crippen molar-refractivity contribution in [2.45, 2.75) is 50.6 Å². The van der Waals surface area contributed by atoms with Crippen LogP contribution in [0, 0.1) is 0 Å². The molecular weight excluding hydrogens is 280 g/mol. The number of nitrogens with one attached hydrogen (secondary N) is 1. The minimum absolute atomic E-state index is 0.222. The van der Waals surface area contributed by atoms with Crippen LogP contribution in [0.3, 0.4) is 0 Å². The van der Waals surface area contributed by atoms with Crippen molar-refractivity contribution in [3.05, 3.63) is 35.9 Å². The lowest BCUT2D eigenvalue weighted by Crippen LogP contribution is -2.50. The van der Waals surface area contributed by atoms with Gasteiger partial charge in [-0.15, -0.1) is 0 Å². The zero-order valence-corrected chi connectivity index (χ0v) is 13.0. The SMILES string of the molecule is CN(C(=O)N[C@@H](Cc1ccccc1)C(=O)O)C1CCCCC1. The largest absolute Gasteiger partial charge is 0.480 e. The number of carbonyl (C=O) groups excluding carboxylic acids is 1.